The number of halogens is 1. The van der Waals surface area contributed by atoms with Crippen LogP contribution in [0.25, 0.3) is 0 Å². The van der Waals surface area contributed by atoms with Crippen molar-refractivity contribution in [2.75, 3.05) is 25.5 Å². The molecule has 31 heavy (non-hydrogen) atoms. The van der Waals surface area contributed by atoms with Gasteiger partial charge in [0.1, 0.15) is 12.4 Å². The quantitative estimate of drug-likeness (QED) is 0.443. The summed E-state index contributed by atoms with van der Waals surface area (Å²) in [7, 11) is 1.23. The maximum absolute atomic E-state index is 12.8. The molecule has 0 aliphatic heterocycles. The van der Waals surface area contributed by atoms with Gasteiger partial charge in [0.15, 0.2) is 0 Å². The van der Waals surface area contributed by atoms with Crippen LogP contribution in [0.3, 0.4) is 0 Å². The van der Waals surface area contributed by atoms with Crippen molar-refractivity contribution in [3.8, 4) is 0 Å². The molecule has 0 saturated carbocycles. The number of carbonyl (C=O) groups is 4. The Labute approximate surface area is 178 Å². The number of nitrogens with one attached hydrogen (secondary N) is 4. The zero-order valence-corrected chi connectivity index (χ0v) is 16.9. The van der Waals surface area contributed by atoms with Crippen LogP contribution >= 0.6 is 0 Å². The summed E-state index contributed by atoms with van der Waals surface area (Å²) in [5.74, 6) is -1.66. The normalized spacial score (nSPS) is 10.0. The summed E-state index contributed by atoms with van der Waals surface area (Å²) in [4.78, 5) is 46.5. The molecule has 4 amide bonds. The Bertz CT molecular complexity index is 916. The second-order valence-corrected chi connectivity index (χ2v) is 6.44. The second kappa shape index (κ2) is 11.9. The first-order valence-electron chi connectivity index (χ1n) is 9.34. The van der Waals surface area contributed by atoms with Gasteiger partial charge in [-0.1, -0.05) is 24.3 Å². The molecule has 9 nitrogen and oxygen atoms in total. The SMILES string of the molecule is COC(=O)CNC(=O)Cc1ccc(NC(=O)CNC(=O)NCc2ccc(F)cc2)cc1. The third-order valence-corrected chi connectivity index (χ3v) is 4.04. The fourth-order valence-corrected chi connectivity index (χ4v) is 2.41. The highest BCUT2D eigenvalue weighted by Crippen LogP contribution is 2.10. The van der Waals surface area contributed by atoms with Gasteiger partial charge in [-0.25, -0.2) is 9.18 Å². The molecule has 0 heterocycles. The summed E-state index contributed by atoms with van der Waals surface area (Å²) in [6.45, 7) is -0.247. The molecule has 2 aromatic carbocycles. The van der Waals surface area contributed by atoms with E-state index in [4.69, 9.17) is 0 Å². The van der Waals surface area contributed by atoms with Crippen LogP contribution in [0.2, 0.25) is 0 Å². The number of hydrogen-bond donors (Lipinski definition) is 4. The maximum atomic E-state index is 12.8. The maximum Gasteiger partial charge on any atom is 0.325 e. The van der Waals surface area contributed by atoms with Crippen LogP contribution in [0.5, 0.6) is 0 Å². The fraction of sp³-hybridized carbons (Fsp3) is 0.238. The van der Waals surface area contributed by atoms with E-state index in [-0.39, 0.29) is 37.8 Å². The summed E-state index contributed by atoms with van der Waals surface area (Å²) in [5, 5.41) is 10.0. The average molecular weight is 430 g/mol. The van der Waals surface area contributed by atoms with Crippen LogP contribution in [0.1, 0.15) is 11.1 Å². The molecular formula is C21H23FN4O5. The molecule has 0 atom stereocenters. The van der Waals surface area contributed by atoms with Crippen molar-refractivity contribution in [2.24, 2.45) is 0 Å². The smallest absolute Gasteiger partial charge is 0.325 e. The van der Waals surface area contributed by atoms with Gasteiger partial charge in [0.2, 0.25) is 11.8 Å². The molecule has 4 N–H and O–H groups in total. The molecule has 2 aromatic rings. The third kappa shape index (κ3) is 8.94. The molecule has 164 valence electrons. The van der Waals surface area contributed by atoms with Crippen molar-refractivity contribution in [3.05, 3.63) is 65.5 Å². The third-order valence-electron chi connectivity index (χ3n) is 4.04. The first kappa shape index (κ1) is 23.3. The van der Waals surface area contributed by atoms with Crippen LogP contribution in [0, 0.1) is 5.82 Å². The van der Waals surface area contributed by atoms with Crippen LogP contribution in [0.15, 0.2) is 48.5 Å². The Morgan fingerprint density at radius 2 is 1.45 bits per heavy atom. The van der Waals surface area contributed by atoms with Gasteiger partial charge >= 0.3 is 12.0 Å². The van der Waals surface area contributed by atoms with Crippen molar-refractivity contribution >= 4 is 29.5 Å². The van der Waals surface area contributed by atoms with E-state index in [1.165, 1.54) is 19.2 Å². The fourth-order valence-electron chi connectivity index (χ4n) is 2.41. The average Bonchev–Trinajstić information content (AvgIpc) is 2.77. The largest absolute Gasteiger partial charge is 0.468 e. The summed E-state index contributed by atoms with van der Waals surface area (Å²) in [6, 6.07) is 11.7. The Morgan fingerprint density at radius 3 is 2.10 bits per heavy atom. The highest BCUT2D eigenvalue weighted by Gasteiger charge is 2.08. The summed E-state index contributed by atoms with van der Waals surface area (Å²) >= 11 is 0. The Morgan fingerprint density at radius 1 is 0.806 bits per heavy atom. The van der Waals surface area contributed by atoms with Gasteiger partial charge in [-0.2, -0.15) is 0 Å². The van der Waals surface area contributed by atoms with Crippen molar-refractivity contribution in [1.29, 1.82) is 0 Å². The monoisotopic (exact) mass is 430 g/mol. The van der Waals surface area contributed by atoms with E-state index in [0.717, 1.165) is 5.56 Å². The highest BCUT2D eigenvalue weighted by atomic mass is 19.1. The predicted octanol–water partition coefficient (Wildman–Crippen LogP) is 1.10. The number of benzene rings is 2. The Balaban J connectivity index is 1.69. The number of anilines is 1. The van der Waals surface area contributed by atoms with Crippen LogP contribution in [-0.4, -0.2) is 44.0 Å². The van der Waals surface area contributed by atoms with E-state index in [2.05, 4.69) is 26.0 Å². The van der Waals surface area contributed by atoms with E-state index in [0.29, 0.717) is 11.3 Å². The Kier molecular flexibility index (Phi) is 8.96. The molecular weight excluding hydrogens is 407 g/mol. The number of hydrogen-bond acceptors (Lipinski definition) is 5. The van der Waals surface area contributed by atoms with E-state index in [1.807, 2.05) is 0 Å². The first-order chi connectivity index (χ1) is 14.9. The second-order valence-electron chi connectivity index (χ2n) is 6.44. The molecule has 0 fully saturated rings. The molecule has 0 aliphatic rings. The molecule has 2 rings (SSSR count). The van der Waals surface area contributed by atoms with Crippen LogP contribution < -0.4 is 21.3 Å². The van der Waals surface area contributed by atoms with Gasteiger partial charge in [0.05, 0.1) is 20.1 Å². The lowest BCUT2D eigenvalue weighted by Crippen LogP contribution is -2.39. The van der Waals surface area contributed by atoms with Crippen LogP contribution in [-0.2, 0) is 32.1 Å². The number of esters is 1. The predicted molar refractivity (Wildman–Crippen MR) is 110 cm³/mol. The van der Waals surface area contributed by atoms with Crippen LogP contribution in [0.4, 0.5) is 14.9 Å². The van der Waals surface area contributed by atoms with E-state index >= 15 is 0 Å². The van der Waals surface area contributed by atoms with Gasteiger partial charge in [-0.05, 0) is 35.4 Å². The van der Waals surface area contributed by atoms with E-state index < -0.39 is 17.9 Å². The minimum absolute atomic E-state index is 0.0704. The molecule has 0 spiro atoms. The van der Waals surface area contributed by atoms with E-state index in [9.17, 15) is 23.6 Å². The minimum atomic E-state index is -0.538. The molecule has 10 heteroatoms. The zero-order valence-electron chi connectivity index (χ0n) is 16.9. The van der Waals surface area contributed by atoms with E-state index in [1.54, 1.807) is 36.4 Å². The number of ether oxygens (including phenoxy) is 1. The van der Waals surface area contributed by atoms with Gasteiger partial charge in [-0.3, -0.25) is 14.4 Å². The van der Waals surface area contributed by atoms with Gasteiger partial charge in [0, 0.05) is 12.2 Å². The number of methoxy groups -OCH3 is 1. The lowest BCUT2D eigenvalue weighted by molar-refractivity contribution is -0.141. The first-order valence-corrected chi connectivity index (χ1v) is 9.34. The van der Waals surface area contributed by atoms with Gasteiger partial charge in [-0.15, -0.1) is 0 Å². The topological polar surface area (TPSA) is 126 Å². The Hall–Kier alpha value is -3.95. The van der Waals surface area contributed by atoms with Crippen molar-refractivity contribution in [2.45, 2.75) is 13.0 Å². The van der Waals surface area contributed by atoms with Crippen molar-refractivity contribution in [3.63, 3.8) is 0 Å². The molecule has 0 unspecified atom stereocenters. The molecule has 0 radical (unpaired) electrons. The summed E-state index contributed by atoms with van der Waals surface area (Å²) in [6.07, 6.45) is 0.0704. The standard InChI is InChI=1S/C21H23FN4O5/c1-31-20(29)13-23-18(27)10-14-4-8-17(9-5-14)26-19(28)12-25-21(30)24-11-15-2-6-16(22)7-3-15/h2-9H,10-13H2,1H3,(H,23,27)(H,26,28)(H2,24,25,30). The van der Waals surface area contributed by atoms with Gasteiger partial charge < -0.3 is 26.0 Å². The number of amides is 4. The van der Waals surface area contributed by atoms with Crippen molar-refractivity contribution in [1.82, 2.24) is 16.0 Å². The summed E-state index contributed by atoms with van der Waals surface area (Å²) in [5.41, 5.74) is 1.91. The zero-order chi connectivity index (χ0) is 22.6. The lowest BCUT2D eigenvalue weighted by atomic mass is 10.1. The summed E-state index contributed by atoms with van der Waals surface area (Å²) < 4.78 is 17.3. The molecule has 0 bridgehead atoms. The minimum Gasteiger partial charge on any atom is -0.468 e. The van der Waals surface area contributed by atoms with Crippen molar-refractivity contribution < 1.29 is 28.3 Å². The highest BCUT2D eigenvalue weighted by molar-refractivity contribution is 5.94. The molecule has 0 aliphatic carbocycles. The molecule has 0 aromatic heterocycles. The number of carbonyl (C=O) groups excluding carboxylic acids is 4. The number of rotatable bonds is 9. The lowest BCUT2D eigenvalue weighted by Gasteiger charge is -2.09. The molecule has 0 saturated heterocycles. The van der Waals surface area contributed by atoms with Gasteiger partial charge in [0.25, 0.3) is 0 Å². The number of urea groups is 1.